The Balaban J connectivity index is 3.44. The summed E-state index contributed by atoms with van der Waals surface area (Å²) in [6, 6.07) is 0. The van der Waals surface area contributed by atoms with Gasteiger partial charge in [0.2, 0.25) is 0 Å². The first kappa shape index (κ1) is 13.0. The standard InChI is InChI=1S/C9H11F3O2/c1-2-3-4-8(13)5-6-14-7-9(10,11)12/h4-7H2,1H3. The van der Waals surface area contributed by atoms with Crippen LogP contribution >= 0.6 is 0 Å². The molecule has 0 aliphatic carbocycles. The Hall–Kier alpha value is -1.02. The maximum absolute atomic E-state index is 11.6. The Bertz CT molecular complexity index is 235. The molecular weight excluding hydrogens is 197 g/mol. The van der Waals surface area contributed by atoms with Gasteiger partial charge in [-0.2, -0.15) is 13.2 Å². The smallest absolute Gasteiger partial charge is 0.372 e. The zero-order chi connectivity index (χ0) is 11.0. The largest absolute Gasteiger partial charge is 0.411 e. The van der Waals surface area contributed by atoms with Gasteiger partial charge in [0.15, 0.2) is 0 Å². The van der Waals surface area contributed by atoms with E-state index in [4.69, 9.17) is 0 Å². The van der Waals surface area contributed by atoms with E-state index in [9.17, 15) is 18.0 Å². The molecule has 80 valence electrons. The predicted molar refractivity (Wildman–Crippen MR) is 44.6 cm³/mol. The van der Waals surface area contributed by atoms with Crippen LogP contribution in [-0.2, 0) is 9.53 Å². The van der Waals surface area contributed by atoms with Crippen LogP contribution in [0.1, 0.15) is 19.8 Å². The van der Waals surface area contributed by atoms with E-state index in [0.29, 0.717) is 0 Å². The topological polar surface area (TPSA) is 26.3 Å². The Morgan fingerprint density at radius 2 is 2.07 bits per heavy atom. The number of Topliss-reactive ketones (excluding diaryl/α,β-unsaturated/α-hetero) is 1. The van der Waals surface area contributed by atoms with Gasteiger partial charge in [-0.15, -0.1) is 5.92 Å². The number of alkyl halides is 3. The van der Waals surface area contributed by atoms with Crippen LogP contribution in [-0.4, -0.2) is 25.2 Å². The van der Waals surface area contributed by atoms with Gasteiger partial charge < -0.3 is 4.74 Å². The first-order chi connectivity index (χ1) is 6.45. The van der Waals surface area contributed by atoms with Crippen molar-refractivity contribution in [3.05, 3.63) is 0 Å². The lowest BCUT2D eigenvalue weighted by atomic mass is 10.2. The van der Waals surface area contributed by atoms with Crippen LogP contribution in [0.25, 0.3) is 0 Å². The molecule has 0 unspecified atom stereocenters. The summed E-state index contributed by atoms with van der Waals surface area (Å²) in [7, 11) is 0. The van der Waals surface area contributed by atoms with Gasteiger partial charge in [-0.25, -0.2) is 0 Å². The highest BCUT2D eigenvalue weighted by atomic mass is 19.4. The fourth-order valence-corrected chi connectivity index (χ4v) is 0.649. The first-order valence-electron chi connectivity index (χ1n) is 4.01. The molecule has 0 radical (unpaired) electrons. The van der Waals surface area contributed by atoms with Gasteiger partial charge in [0.25, 0.3) is 0 Å². The lowest BCUT2D eigenvalue weighted by molar-refractivity contribution is -0.174. The minimum atomic E-state index is -4.33. The SMILES string of the molecule is CC#CCC(=O)CCOCC(F)(F)F. The second-order valence-electron chi connectivity index (χ2n) is 2.56. The fraction of sp³-hybridized carbons (Fsp3) is 0.667. The predicted octanol–water partition coefficient (Wildman–Crippen LogP) is 1.94. The van der Waals surface area contributed by atoms with Crippen LogP contribution in [0.4, 0.5) is 13.2 Å². The molecule has 0 aliphatic heterocycles. The summed E-state index contributed by atoms with van der Waals surface area (Å²) < 4.78 is 38.9. The highest BCUT2D eigenvalue weighted by Gasteiger charge is 2.27. The second kappa shape index (κ2) is 6.44. The molecular formula is C9H11F3O2. The van der Waals surface area contributed by atoms with Crippen LogP contribution in [0.2, 0.25) is 0 Å². The van der Waals surface area contributed by atoms with Crippen molar-refractivity contribution in [3.63, 3.8) is 0 Å². The van der Waals surface area contributed by atoms with E-state index in [1.54, 1.807) is 6.92 Å². The summed E-state index contributed by atoms with van der Waals surface area (Å²) in [4.78, 5) is 10.9. The molecule has 0 aliphatic rings. The normalized spacial score (nSPS) is 10.6. The third kappa shape index (κ3) is 9.07. The van der Waals surface area contributed by atoms with Crippen LogP contribution in [0.15, 0.2) is 0 Å². The summed E-state index contributed by atoms with van der Waals surface area (Å²) >= 11 is 0. The van der Waals surface area contributed by atoms with E-state index in [-0.39, 0.29) is 25.2 Å². The molecule has 0 atom stereocenters. The Labute approximate surface area is 80.4 Å². The van der Waals surface area contributed by atoms with E-state index in [0.717, 1.165) is 0 Å². The Morgan fingerprint density at radius 1 is 1.43 bits per heavy atom. The minimum absolute atomic E-state index is 0.0231. The lowest BCUT2D eigenvalue weighted by Crippen LogP contribution is -2.18. The van der Waals surface area contributed by atoms with Crippen LogP contribution < -0.4 is 0 Å². The van der Waals surface area contributed by atoms with E-state index in [1.807, 2.05) is 0 Å². The summed E-state index contributed by atoms with van der Waals surface area (Å²) in [5.41, 5.74) is 0. The highest BCUT2D eigenvalue weighted by Crippen LogP contribution is 2.14. The van der Waals surface area contributed by atoms with E-state index in [1.165, 1.54) is 0 Å². The number of halogens is 3. The van der Waals surface area contributed by atoms with Crippen LogP contribution in [0.3, 0.4) is 0 Å². The van der Waals surface area contributed by atoms with Gasteiger partial charge in [-0.3, -0.25) is 4.79 Å². The zero-order valence-electron chi connectivity index (χ0n) is 7.78. The van der Waals surface area contributed by atoms with Gasteiger partial charge in [0.1, 0.15) is 12.4 Å². The summed E-state index contributed by atoms with van der Waals surface area (Å²) in [6.07, 6.45) is -4.27. The zero-order valence-corrected chi connectivity index (χ0v) is 7.78. The van der Waals surface area contributed by atoms with Crippen molar-refractivity contribution in [2.75, 3.05) is 13.2 Å². The molecule has 0 amide bonds. The number of ketones is 1. The molecule has 5 heteroatoms. The molecule has 14 heavy (non-hydrogen) atoms. The number of ether oxygens (including phenoxy) is 1. The maximum atomic E-state index is 11.6. The molecule has 0 aromatic heterocycles. The average Bonchev–Trinajstić information content (AvgIpc) is 2.07. The summed E-state index contributed by atoms with van der Waals surface area (Å²) in [5, 5.41) is 0. The highest BCUT2D eigenvalue weighted by molar-refractivity contribution is 5.80. The van der Waals surface area contributed by atoms with Crippen molar-refractivity contribution >= 4 is 5.78 Å². The Kier molecular flexibility index (Phi) is 5.97. The molecule has 0 N–H and O–H groups in total. The molecule has 0 rings (SSSR count). The molecule has 0 saturated heterocycles. The van der Waals surface area contributed by atoms with Crippen molar-refractivity contribution in [1.82, 2.24) is 0 Å². The van der Waals surface area contributed by atoms with E-state index in [2.05, 4.69) is 16.6 Å². The molecule has 0 aromatic carbocycles. The number of rotatable bonds is 5. The van der Waals surface area contributed by atoms with Gasteiger partial charge in [0, 0.05) is 6.42 Å². The fourth-order valence-electron chi connectivity index (χ4n) is 0.649. The third-order valence-electron chi connectivity index (χ3n) is 1.25. The maximum Gasteiger partial charge on any atom is 0.411 e. The average molecular weight is 208 g/mol. The van der Waals surface area contributed by atoms with Crippen molar-refractivity contribution in [2.45, 2.75) is 25.9 Å². The molecule has 0 saturated carbocycles. The molecule has 0 aromatic rings. The number of carbonyl (C=O) groups excluding carboxylic acids is 1. The van der Waals surface area contributed by atoms with Crippen LogP contribution in [0, 0.1) is 11.8 Å². The molecule has 0 heterocycles. The number of carbonyl (C=O) groups is 1. The number of hydrogen-bond acceptors (Lipinski definition) is 2. The van der Waals surface area contributed by atoms with Crippen molar-refractivity contribution < 1.29 is 22.7 Å². The van der Waals surface area contributed by atoms with Gasteiger partial charge >= 0.3 is 6.18 Å². The van der Waals surface area contributed by atoms with Gasteiger partial charge in [-0.1, -0.05) is 5.92 Å². The third-order valence-corrected chi connectivity index (χ3v) is 1.25. The lowest BCUT2D eigenvalue weighted by Gasteiger charge is -2.06. The Morgan fingerprint density at radius 3 is 2.57 bits per heavy atom. The minimum Gasteiger partial charge on any atom is -0.372 e. The second-order valence-corrected chi connectivity index (χ2v) is 2.56. The van der Waals surface area contributed by atoms with E-state index < -0.39 is 12.8 Å². The summed E-state index contributed by atoms with van der Waals surface area (Å²) in [5.74, 6) is 4.84. The van der Waals surface area contributed by atoms with Crippen molar-refractivity contribution in [2.24, 2.45) is 0 Å². The van der Waals surface area contributed by atoms with Gasteiger partial charge in [-0.05, 0) is 6.92 Å². The first-order valence-corrected chi connectivity index (χ1v) is 4.01. The quantitative estimate of drug-likeness (QED) is 0.509. The molecule has 0 fully saturated rings. The van der Waals surface area contributed by atoms with Crippen LogP contribution in [0.5, 0.6) is 0 Å². The van der Waals surface area contributed by atoms with Crippen molar-refractivity contribution in [3.8, 4) is 11.8 Å². The van der Waals surface area contributed by atoms with Gasteiger partial charge in [0.05, 0.1) is 13.0 Å². The van der Waals surface area contributed by atoms with Crippen molar-refractivity contribution in [1.29, 1.82) is 0 Å². The molecule has 0 bridgehead atoms. The molecule has 0 spiro atoms. The molecule has 2 nitrogen and oxygen atoms in total. The van der Waals surface area contributed by atoms with E-state index >= 15 is 0 Å². The monoisotopic (exact) mass is 208 g/mol. The summed E-state index contributed by atoms with van der Waals surface area (Å²) in [6.45, 7) is 0.0803. The number of hydrogen-bond donors (Lipinski definition) is 0.